The molecule has 3 rings (SSSR count). The minimum atomic E-state index is -0.295. The van der Waals surface area contributed by atoms with Crippen LogP contribution < -0.4 is 10.6 Å². The lowest BCUT2D eigenvalue weighted by Gasteiger charge is -2.31. The summed E-state index contributed by atoms with van der Waals surface area (Å²) in [4.78, 5) is 26.3. The van der Waals surface area contributed by atoms with Crippen molar-refractivity contribution in [3.63, 3.8) is 0 Å². The van der Waals surface area contributed by atoms with Gasteiger partial charge in [0, 0.05) is 31.2 Å². The Morgan fingerprint density at radius 2 is 1.65 bits per heavy atom. The molecule has 0 aliphatic carbocycles. The molecule has 1 saturated heterocycles. The van der Waals surface area contributed by atoms with Gasteiger partial charge in [-0.15, -0.1) is 0 Å². The molecule has 5 nitrogen and oxygen atoms in total. The summed E-state index contributed by atoms with van der Waals surface area (Å²) in [6.07, 6.45) is 1.28. The molecule has 0 unspecified atom stereocenters. The summed E-state index contributed by atoms with van der Waals surface area (Å²) in [7, 11) is 0. The molecule has 26 heavy (non-hydrogen) atoms. The molecule has 0 aromatic heterocycles. The van der Waals surface area contributed by atoms with Crippen LogP contribution in [0.25, 0.3) is 0 Å². The third kappa shape index (κ3) is 4.81. The highest BCUT2D eigenvalue weighted by molar-refractivity contribution is 5.92. The number of urea groups is 1. The molecule has 3 amide bonds. The second kappa shape index (κ2) is 8.47. The molecule has 0 saturated carbocycles. The SMILES string of the molecule is O=C(Nc1ccccc1)C1CCN(C(=O)NCc2ccc(F)cc2)CC1. The van der Waals surface area contributed by atoms with E-state index in [1.165, 1.54) is 12.1 Å². The number of piperidine rings is 1. The number of rotatable bonds is 4. The Morgan fingerprint density at radius 1 is 1.00 bits per heavy atom. The van der Waals surface area contributed by atoms with Crippen molar-refractivity contribution in [2.24, 2.45) is 5.92 Å². The lowest BCUT2D eigenvalue weighted by Crippen LogP contribution is -2.45. The number of nitrogens with zero attached hydrogens (tertiary/aromatic N) is 1. The van der Waals surface area contributed by atoms with Gasteiger partial charge in [-0.05, 0) is 42.7 Å². The van der Waals surface area contributed by atoms with E-state index in [1.807, 2.05) is 30.3 Å². The molecule has 0 radical (unpaired) electrons. The average Bonchev–Trinajstić information content (AvgIpc) is 2.68. The number of anilines is 1. The van der Waals surface area contributed by atoms with Gasteiger partial charge < -0.3 is 15.5 Å². The van der Waals surface area contributed by atoms with E-state index >= 15 is 0 Å². The van der Waals surface area contributed by atoms with Crippen LogP contribution in [0.4, 0.5) is 14.9 Å². The fraction of sp³-hybridized carbons (Fsp3) is 0.300. The van der Waals surface area contributed by atoms with Crippen LogP contribution in [0.1, 0.15) is 18.4 Å². The number of halogens is 1. The molecule has 6 heteroatoms. The summed E-state index contributed by atoms with van der Waals surface area (Å²) in [5.41, 5.74) is 1.63. The van der Waals surface area contributed by atoms with Gasteiger partial charge in [-0.3, -0.25) is 4.79 Å². The largest absolute Gasteiger partial charge is 0.334 e. The predicted molar refractivity (Wildman–Crippen MR) is 98.0 cm³/mol. The van der Waals surface area contributed by atoms with Gasteiger partial charge >= 0.3 is 6.03 Å². The third-order valence-corrected chi connectivity index (χ3v) is 4.55. The molecular weight excluding hydrogens is 333 g/mol. The topological polar surface area (TPSA) is 61.4 Å². The maximum Gasteiger partial charge on any atom is 0.317 e. The van der Waals surface area contributed by atoms with Gasteiger partial charge in [0.1, 0.15) is 5.82 Å². The lowest BCUT2D eigenvalue weighted by atomic mass is 9.96. The van der Waals surface area contributed by atoms with Crippen molar-refractivity contribution in [2.45, 2.75) is 19.4 Å². The van der Waals surface area contributed by atoms with E-state index in [2.05, 4.69) is 10.6 Å². The van der Waals surface area contributed by atoms with Crippen molar-refractivity contribution in [1.82, 2.24) is 10.2 Å². The van der Waals surface area contributed by atoms with Crippen LogP contribution in [0.3, 0.4) is 0 Å². The van der Waals surface area contributed by atoms with Crippen molar-refractivity contribution < 1.29 is 14.0 Å². The van der Waals surface area contributed by atoms with Gasteiger partial charge in [-0.1, -0.05) is 30.3 Å². The molecule has 0 bridgehead atoms. The maximum absolute atomic E-state index is 12.9. The van der Waals surface area contributed by atoms with Crippen LogP contribution in [0.2, 0.25) is 0 Å². The Hall–Kier alpha value is -2.89. The fourth-order valence-corrected chi connectivity index (χ4v) is 3.00. The minimum Gasteiger partial charge on any atom is -0.334 e. The zero-order valence-corrected chi connectivity index (χ0v) is 14.5. The number of hydrogen-bond acceptors (Lipinski definition) is 2. The standard InChI is InChI=1S/C20H22FN3O2/c21-17-8-6-15(7-9-17)14-22-20(26)24-12-10-16(11-13-24)19(25)23-18-4-2-1-3-5-18/h1-9,16H,10-14H2,(H,22,26)(H,23,25). The molecule has 0 spiro atoms. The molecule has 136 valence electrons. The predicted octanol–water partition coefficient (Wildman–Crippen LogP) is 3.39. The van der Waals surface area contributed by atoms with Gasteiger partial charge in [-0.25, -0.2) is 9.18 Å². The number of likely N-dealkylation sites (tertiary alicyclic amines) is 1. The zero-order valence-electron chi connectivity index (χ0n) is 14.5. The van der Waals surface area contributed by atoms with E-state index in [-0.39, 0.29) is 23.7 Å². The number of carbonyl (C=O) groups is 2. The molecule has 0 atom stereocenters. The summed E-state index contributed by atoms with van der Waals surface area (Å²) in [5.74, 6) is -0.380. The van der Waals surface area contributed by atoms with E-state index in [4.69, 9.17) is 0 Å². The third-order valence-electron chi connectivity index (χ3n) is 4.55. The van der Waals surface area contributed by atoms with Crippen molar-refractivity contribution in [2.75, 3.05) is 18.4 Å². The Kier molecular flexibility index (Phi) is 5.84. The van der Waals surface area contributed by atoms with Gasteiger partial charge in [0.2, 0.25) is 5.91 Å². The molecular formula is C20H22FN3O2. The first-order valence-corrected chi connectivity index (χ1v) is 8.75. The van der Waals surface area contributed by atoms with E-state index in [0.29, 0.717) is 32.5 Å². The molecule has 2 aromatic carbocycles. The van der Waals surface area contributed by atoms with Crippen molar-refractivity contribution in [1.29, 1.82) is 0 Å². The molecule has 1 fully saturated rings. The first kappa shape index (κ1) is 17.9. The summed E-state index contributed by atoms with van der Waals surface area (Å²) < 4.78 is 12.9. The van der Waals surface area contributed by atoms with Crippen LogP contribution in [0.15, 0.2) is 54.6 Å². The second-order valence-corrected chi connectivity index (χ2v) is 6.40. The average molecular weight is 355 g/mol. The Labute approximate surface area is 152 Å². The number of benzene rings is 2. The fourth-order valence-electron chi connectivity index (χ4n) is 3.00. The van der Waals surface area contributed by atoms with Crippen molar-refractivity contribution in [3.05, 3.63) is 66.0 Å². The first-order valence-electron chi connectivity index (χ1n) is 8.75. The quantitative estimate of drug-likeness (QED) is 0.883. The molecule has 2 aromatic rings. The summed E-state index contributed by atoms with van der Waals surface area (Å²) in [6, 6.07) is 15.3. The Morgan fingerprint density at radius 3 is 2.31 bits per heavy atom. The smallest absolute Gasteiger partial charge is 0.317 e. The number of hydrogen-bond donors (Lipinski definition) is 2. The summed E-state index contributed by atoms with van der Waals surface area (Å²) in [6.45, 7) is 1.44. The van der Waals surface area contributed by atoms with Gasteiger partial charge in [-0.2, -0.15) is 0 Å². The number of para-hydroxylation sites is 1. The second-order valence-electron chi connectivity index (χ2n) is 6.40. The van der Waals surface area contributed by atoms with Gasteiger partial charge in [0.05, 0.1) is 0 Å². The van der Waals surface area contributed by atoms with E-state index in [1.54, 1.807) is 17.0 Å². The van der Waals surface area contributed by atoms with Crippen LogP contribution in [0.5, 0.6) is 0 Å². The van der Waals surface area contributed by atoms with Crippen LogP contribution in [-0.4, -0.2) is 29.9 Å². The van der Waals surface area contributed by atoms with Crippen LogP contribution >= 0.6 is 0 Å². The Bertz CT molecular complexity index is 741. The monoisotopic (exact) mass is 355 g/mol. The highest BCUT2D eigenvalue weighted by atomic mass is 19.1. The Balaban J connectivity index is 1.43. The summed E-state index contributed by atoms with van der Waals surface area (Å²) >= 11 is 0. The van der Waals surface area contributed by atoms with Gasteiger partial charge in [0.15, 0.2) is 0 Å². The molecule has 1 aliphatic rings. The van der Waals surface area contributed by atoms with Crippen LogP contribution in [0, 0.1) is 11.7 Å². The highest BCUT2D eigenvalue weighted by Crippen LogP contribution is 2.19. The van der Waals surface area contributed by atoms with Crippen LogP contribution in [-0.2, 0) is 11.3 Å². The molecule has 2 N–H and O–H groups in total. The van der Waals surface area contributed by atoms with E-state index < -0.39 is 0 Å². The highest BCUT2D eigenvalue weighted by Gasteiger charge is 2.27. The van der Waals surface area contributed by atoms with E-state index in [0.717, 1.165) is 11.3 Å². The van der Waals surface area contributed by atoms with E-state index in [9.17, 15) is 14.0 Å². The number of carbonyl (C=O) groups excluding carboxylic acids is 2. The number of nitrogens with one attached hydrogen (secondary N) is 2. The van der Waals surface area contributed by atoms with Gasteiger partial charge in [0.25, 0.3) is 0 Å². The minimum absolute atomic E-state index is 0.00238. The molecule has 1 heterocycles. The maximum atomic E-state index is 12.9. The lowest BCUT2D eigenvalue weighted by molar-refractivity contribution is -0.121. The van der Waals surface area contributed by atoms with Crippen molar-refractivity contribution in [3.8, 4) is 0 Å². The molecule has 1 aliphatic heterocycles. The zero-order chi connectivity index (χ0) is 18.4. The first-order chi connectivity index (χ1) is 12.6. The number of amides is 3. The summed E-state index contributed by atoms with van der Waals surface area (Å²) in [5, 5.41) is 5.75. The normalized spacial score (nSPS) is 14.7. The van der Waals surface area contributed by atoms with Crippen molar-refractivity contribution >= 4 is 17.6 Å².